The van der Waals surface area contributed by atoms with Crippen LogP contribution in [0.3, 0.4) is 0 Å². The summed E-state index contributed by atoms with van der Waals surface area (Å²) in [5, 5.41) is 6.30. The molecule has 0 radical (unpaired) electrons. The molecule has 3 heteroatoms. The first-order valence-corrected chi connectivity index (χ1v) is 6.75. The zero-order valence-electron chi connectivity index (χ0n) is 11.3. The van der Waals surface area contributed by atoms with Gasteiger partial charge in [-0.3, -0.25) is 4.79 Å². The summed E-state index contributed by atoms with van der Waals surface area (Å²) in [6, 6.07) is 6.64. The standard InChI is InChI=1S/C15H22N2O/c1-11-7-8-12(2)14(9-11)16-10-15(18)17-13-5-3-4-6-13/h7-9,13,16H,3-6,10H2,1-2H3,(H,17,18). The van der Waals surface area contributed by atoms with Crippen LogP contribution >= 0.6 is 0 Å². The van der Waals surface area contributed by atoms with Crippen molar-refractivity contribution in [1.29, 1.82) is 0 Å². The molecule has 1 saturated carbocycles. The van der Waals surface area contributed by atoms with Gasteiger partial charge in [0, 0.05) is 11.7 Å². The van der Waals surface area contributed by atoms with Gasteiger partial charge >= 0.3 is 0 Å². The van der Waals surface area contributed by atoms with Gasteiger partial charge in [0.15, 0.2) is 0 Å². The van der Waals surface area contributed by atoms with Crippen LogP contribution in [0.4, 0.5) is 5.69 Å². The Labute approximate surface area is 109 Å². The highest BCUT2D eigenvalue weighted by Gasteiger charge is 2.16. The lowest BCUT2D eigenvalue weighted by Gasteiger charge is -2.14. The molecule has 1 aliphatic rings. The third kappa shape index (κ3) is 3.49. The van der Waals surface area contributed by atoms with Gasteiger partial charge in [0.05, 0.1) is 6.54 Å². The van der Waals surface area contributed by atoms with Gasteiger partial charge in [0.2, 0.25) is 5.91 Å². The molecule has 98 valence electrons. The van der Waals surface area contributed by atoms with Crippen LogP contribution in [0, 0.1) is 13.8 Å². The Kier molecular flexibility index (Phi) is 4.24. The second-order valence-corrected chi connectivity index (χ2v) is 5.22. The van der Waals surface area contributed by atoms with Crippen molar-refractivity contribution < 1.29 is 4.79 Å². The van der Waals surface area contributed by atoms with E-state index in [0.717, 1.165) is 18.5 Å². The van der Waals surface area contributed by atoms with Crippen LogP contribution < -0.4 is 10.6 Å². The number of hydrogen-bond donors (Lipinski definition) is 2. The first kappa shape index (κ1) is 12.9. The average Bonchev–Trinajstić information content (AvgIpc) is 2.83. The minimum absolute atomic E-state index is 0.0998. The molecule has 2 rings (SSSR count). The predicted molar refractivity (Wildman–Crippen MR) is 74.8 cm³/mol. The SMILES string of the molecule is Cc1ccc(C)c(NCC(=O)NC2CCCC2)c1. The van der Waals surface area contributed by atoms with Crippen molar-refractivity contribution >= 4 is 11.6 Å². The van der Waals surface area contributed by atoms with Crippen molar-refractivity contribution in [3.8, 4) is 0 Å². The van der Waals surface area contributed by atoms with Gasteiger partial charge in [0.25, 0.3) is 0 Å². The summed E-state index contributed by atoms with van der Waals surface area (Å²) in [5.41, 5.74) is 3.44. The number of nitrogens with one attached hydrogen (secondary N) is 2. The summed E-state index contributed by atoms with van der Waals surface area (Å²) in [6.07, 6.45) is 4.76. The molecule has 1 aromatic rings. The molecule has 2 N–H and O–H groups in total. The highest BCUT2D eigenvalue weighted by atomic mass is 16.1. The van der Waals surface area contributed by atoms with E-state index in [9.17, 15) is 4.79 Å². The van der Waals surface area contributed by atoms with E-state index in [1.807, 2.05) is 0 Å². The Hall–Kier alpha value is -1.51. The summed E-state index contributed by atoms with van der Waals surface area (Å²) >= 11 is 0. The normalized spacial score (nSPS) is 15.7. The number of aryl methyl sites for hydroxylation is 2. The van der Waals surface area contributed by atoms with Crippen LogP contribution in [0.2, 0.25) is 0 Å². The number of carbonyl (C=O) groups excluding carboxylic acids is 1. The third-order valence-electron chi connectivity index (χ3n) is 3.55. The smallest absolute Gasteiger partial charge is 0.239 e. The van der Waals surface area contributed by atoms with Gasteiger partial charge in [-0.1, -0.05) is 25.0 Å². The summed E-state index contributed by atoms with van der Waals surface area (Å²) in [4.78, 5) is 11.8. The van der Waals surface area contributed by atoms with Gasteiger partial charge in [-0.25, -0.2) is 0 Å². The number of rotatable bonds is 4. The van der Waals surface area contributed by atoms with Crippen molar-refractivity contribution in [2.75, 3.05) is 11.9 Å². The van der Waals surface area contributed by atoms with Gasteiger partial charge in [-0.2, -0.15) is 0 Å². The second-order valence-electron chi connectivity index (χ2n) is 5.22. The third-order valence-corrected chi connectivity index (χ3v) is 3.55. The topological polar surface area (TPSA) is 41.1 Å². The van der Waals surface area contributed by atoms with Crippen LogP contribution in [-0.2, 0) is 4.79 Å². The monoisotopic (exact) mass is 246 g/mol. The van der Waals surface area contributed by atoms with E-state index in [1.54, 1.807) is 0 Å². The predicted octanol–water partition coefficient (Wildman–Crippen LogP) is 2.77. The van der Waals surface area contributed by atoms with Crippen molar-refractivity contribution in [3.05, 3.63) is 29.3 Å². The molecule has 0 aromatic heterocycles. The molecule has 18 heavy (non-hydrogen) atoms. The van der Waals surface area contributed by atoms with Gasteiger partial charge < -0.3 is 10.6 Å². The molecule has 1 fully saturated rings. The molecule has 0 atom stereocenters. The van der Waals surface area contributed by atoms with Crippen LogP contribution in [0.5, 0.6) is 0 Å². The van der Waals surface area contributed by atoms with E-state index in [0.29, 0.717) is 12.6 Å². The van der Waals surface area contributed by atoms with E-state index in [4.69, 9.17) is 0 Å². The molecule has 1 amide bonds. The molecule has 0 spiro atoms. The van der Waals surface area contributed by atoms with Crippen molar-refractivity contribution in [2.24, 2.45) is 0 Å². The number of hydrogen-bond acceptors (Lipinski definition) is 2. The number of anilines is 1. The fraction of sp³-hybridized carbons (Fsp3) is 0.533. The minimum Gasteiger partial charge on any atom is -0.376 e. The fourth-order valence-electron chi connectivity index (χ4n) is 2.45. The van der Waals surface area contributed by atoms with Crippen LogP contribution in [0.25, 0.3) is 0 Å². The minimum atomic E-state index is 0.0998. The molecule has 3 nitrogen and oxygen atoms in total. The molecule has 1 aromatic carbocycles. The first-order chi connectivity index (χ1) is 8.65. The summed E-state index contributed by atoms with van der Waals surface area (Å²) in [6.45, 7) is 4.47. The molecular weight excluding hydrogens is 224 g/mol. The van der Waals surface area contributed by atoms with Crippen LogP contribution in [0.1, 0.15) is 36.8 Å². The molecule has 0 aliphatic heterocycles. The van der Waals surface area contributed by atoms with E-state index in [-0.39, 0.29) is 5.91 Å². The zero-order valence-corrected chi connectivity index (χ0v) is 11.3. The van der Waals surface area contributed by atoms with Gasteiger partial charge in [0.1, 0.15) is 0 Å². The summed E-state index contributed by atoms with van der Waals surface area (Å²) in [7, 11) is 0. The van der Waals surface area contributed by atoms with E-state index in [2.05, 4.69) is 42.7 Å². The lowest BCUT2D eigenvalue weighted by molar-refractivity contribution is -0.120. The Bertz CT molecular complexity index is 423. The maximum absolute atomic E-state index is 11.8. The van der Waals surface area contributed by atoms with Gasteiger partial charge in [-0.05, 0) is 43.9 Å². The number of amides is 1. The zero-order chi connectivity index (χ0) is 13.0. The maximum atomic E-state index is 11.8. The Morgan fingerprint density at radius 3 is 2.72 bits per heavy atom. The number of carbonyl (C=O) groups is 1. The first-order valence-electron chi connectivity index (χ1n) is 6.75. The largest absolute Gasteiger partial charge is 0.376 e. The quantitative estimate of drug-likeness (QED) is 0.857. The maximum Gasteiger partial charge on any atom is 0.239 e. The Morgan fingerprint density at radius 1 is 1.28 bits per heavy atom. The van der Waals surface area contributed by atoms with Crippen molar-refractivity contribution in [3.63, 3.8) is 0 Å². The number of benzene rings is 1. The lowest BCUT2D eigenvalue weighted by atomic mass is 10.1. The lowest BCUT2D eigenvalue weighted by Crippen LogP contribution is -2.36. The average molecular weight is 246 g/mol. The highest BCUT2D eigenvalue weighted by molar-refractivity contribution is 5.81. The fourth-order valence-corrected chi connectivity index (χ4v) is 2.45. The van der Waals surface area contributed by atoms with Crippen LogP contribution in [-0.4, -0.2) is 18.5 Å². The Balaban J connectivity index is 1.83. The molecular formula is C15H22N2O. The van der Waals surface area contributed by atoms with E-state index < -0.39 is 0 Å². The van der Waals surface area contributed by atoms with E-state index >= 15 is 0 Å². The van der Waals surface area contributed by atoms with Crippen molar-refractivity contribution in [2.45, 2.75) is 45.6 Å². The molecule has 0 bridgehead atoms. The van der Waals surface area contributed by atoms with Crippen molar-refractivity contribution in [1.82, 2.24) is 5.32 Å². The van der Waals surface area contributed by atoms with E-state index in [1.165, 1.54) is 24.0 Å². The second kappa shape index (κ2) is 5.89. The molecule has 0 saturated heterocycles. The van der Waals surface area contributed by atoms with Gasteiger partial charge in [-0.15, -0.1) is 0 Å². The molecule has 0 unspecified atom stereocenters. The molecule has 0 heterocycles. The van der Waals surface area contributed by atoms with Crippen LogP contribution in [0.15, 0.2) is 18.2 Å². The highest BCUT2D eigenvalue weighted by Crippen LogP contribution is 2.18. The Morgan fingerprint density at radius 2 is 2.00 bits per heavy atom. The summed E-state index contributed by atoms with van der Waals surface area (Å²) in [5.74, 6) is 0.0998. The molecule has 1 aliphatic carbocycles. The summed E-state index contributed by atoms with van der Waals surface area (Å²) < 4.78 is 0.